The predicted molar refractivity (Wildman–Crippen MR) is 66.8 cm³/mol. The van der Waals surface area contributed by atoms with E-state index >= 15 is 0 Å². The van der Waals surface area contributed by atoms with Crippen LogP contribution in [0.1, 0.15) is 23.7 Å². The fourth-order valence-electron chi connectivity index (χ4n) is 1.88. The van der Waals surface area contributed by atoms with E-state index in [4.69, 9.17) is 0 Å². The molecule has 0 saturated carbocycles. The maximum atomic E-state index is 12.0. The summed E-state index contributed by atoms with van der Waals surface area (Å²) in [5.74, 6) is -0.478. The molecule has 2 heteroatoms. The van der Waals surface area contributed by atoms with Gasteiger partial charge in [0, 0.05) is 11.1 Å². The van der Waals surface area contributed by atoms with Gasteiger partial charge in [-0.05, 0) is 12.3 Å². The second-order valence-electron chi connectivity index (χ2n) is 4.28. The van der Waals surface area contributed by atoms with Crippen LogP contribution in [0.15, 0.2) is 54.1 Å². The quantitative estimate of drug-likeness (QED) is 0.586. The van der Waals surface area contributed by atoms with Crippen molar-refractivity contribution in [2.75, 3.05) is 0 Å². The first-order chi connectivity index (χ1) is 8.18. The largest absolute Gasteiger partial charge is 0.285 e. The number of benzene rings is 1. The maximum absolute atomic E-state index is 12.0. The molecule has 2 rings (SSSR count). The fourth-order valence-corrected chi connectivity index (χ4v) is 1.88. The van der Waals surface area contributed by atoms with E-state index in [0.29, 0.717) is 23.5 Å². The van der Waals surface area contributed by atoms with E-state index in [2.05, 4.69) is 0 Å². The van der Waals surface area contributed by atoms with Crippen molar-refractivity contribution in [1.29, 1.82) is 0 Å². The predicted octanol–water partition coefficient (Wildman–Crippen LogP) is 2.96. The summed E-state index contributed by atoms with van der Waals surface area (Å²) < 4.78 is 0. The van der Waals surface area contributed by atoms with Crippen LogP contribution in [0, 0.1) is 5.92 Å². The highest BCUT2D eigenvalue weighted by molar-refractivity contribution is 6.49. The molecule has 0 radical (unpaired) electrons. The van der Waals surface area contributed by atoms with Crippen molar-refractivity contribution in [2.45, 2.75) is 13.3 Å². The summed E-state index contributed by atoms with van der Waals surface area (Å²) in [5, 5.41) is 0. The third-order valence-electron chi connectivity index (χ3n) is 2.81. The smallest absolute Gasteiger partial charge is 0.233 e. The Morgan fingerprint density at radius 2 is 1.82 bits per heavy atom. The van der Waals surface area contributed by atoms with E-state index in [1.54, 1.807) is 30.3 Å². The van der Waals surface area contributed by atoms with Crippen LogP contribution < -0.4 is 0 Å². The maximum Gasteiger partial charge on any atom is 0.233 e. The Bertz CT molecular complexity index is 495. The van der Waals surface area contributed by atoms with Gasteiger partial charge in [0.2, 0.25) is 11.6 Å². The first kappa shape index (κ1) is 11.5. The van der Waals surface area contributed by atoms with Crippen LogP contribution in [0.25, 0.3) is 0 Å². The van der Waals surface area contributed by atoms with Gasteiger partial charge in [-0.3, -0.25) is 9.59 Å². The second-order valence-corrected chi connectivity index (χ2v) is 4.28. The highest BCUT2D eigenvalue weighted by atomic mass is 16.2. The van der Waals surface area contributed by atoms with Gasteiger partial charge in [-0.15, -0.1) is 0 Å². The lowest BCUT2D eigenvalue weighted by atomic mass is 9.90. The van der Waals surface area contributed by atoms with E-state index in [9.17, 15) is 9.59 Å². The van der Waals surface area contributed by atoms with E-state index in [0.717, 1.165) is 0 Å². The lowest BCUT2D eigenvalue weighted by Gasteiger charge is -2.12. The molecule has 1 aliphatic rings. The third-order valence-corrected chi connectivity index (χ3v) is 2.81. The molecule has 0 bridgehead atoms. The zero-order valence-corrected chi connectivity index (χ0v) is 9.72. The lowest BCUT2D eigenvalue weighted by molar-refractivity contribution is -0.112. The van der Waals surface area contributed by atoms with E-state index < -0.39 is 5.78 Å². The van der Waals surface area contributed by atoms with E-state index in [-0.39, 0.29) is 5.78 Å². The minimum absolute atomic E-state index is 0.322. The van der Waals surface area contributed by atoms with Gasteiger partial charge >= 0.3 is 0 Å². The average Bonchev–Trinajstić information content (AvgIpc) is 2.38. The molecule has 0 fully saturated rings. The highest BCUT2D eigenvalue weighted by Gasteiger charge is 2.22. The number of carbonyl (C=O) groups excluding carboxylic acids is 2. The van der Waals surface area contributed by atoms with Gasteiger partial charge in [0.05, 0.1) is 0 Å². The van der Waals surface area contributed by atoms with Crippen LogP contribution in [-0.4, -0.2) is 11.6 Å². The summed E-state index contributed by atoms with van der Waals surface area (Å²) in [6, 6.07) is 8.69. The summed E-state index contributed by atoms with van der Waals surface area (Å²) in [4.78, 5) is 23.9. The summed E-state index contributed by atoms with van der Waals surface area (Å²) in [5.41, 5.74) is 1.06. The molecule has 2 nitrogen and oxygen atoms in total. The summed E-state index contributed by atoms with van der Waals surface area (Å²) in [6.07, 6.45) is 6.26. The fraction of sp³-hybridized carbons (Fsp3) is 0.200. The SMILES string of the molecule is CC1C=CC=C(C(=O)C(=O)c2ccccc2)C1. The standard InChI is InChI=1S/C15H14O2/c1-11-6-5-9-13(10-11)15(17)14(16)12-7-3-2-4-8-12/h2-9,11H,10H2,1H3. The number of hydrogen-bond donors (Lipinski definition) is 0. The van der Waals surface area contributed by atoms with Crippen LogP contribution in [0.4, 0.5) is 0 Å². The van der Waals surface area contributed by atoms with Crippen LogP contribution in [0.2, 0.25) is 0 Å². The van der Waals surface area contributed by atoms with Gasteiger partial charge < -0.3 is 0 Å². The Morgan fingerprint density at radius 1 is 1.12 bits per heavy atom. The summed E-state index contributed by atoms with van der Waals surface area (Å²) >= 11 is 0. The Balaban J connectivity index is 2.19. The first-order valence-corrected chi connectivity index (χ1v) is 5.70. The number of hydrogen-bond acceptors (Lipinski definition) is 2. The van der Waals surface area contributed by atoms with Crippen molar-refractivity contribution >= 4 is 11.6 Å². The van der Waals surface area contributed by atoms with Crippen molar-refractivity contribution in [3.05, 3.63) is 59.7 Å². The highest BCUT2D eigenvalue weighted by Crippen LogP contribution is 2.20. The van der Waals surface area contributed by atoms with Gasteiger partial charge in [-0.1, -0.05) is 55.5 Å². The zero-order chi connectivity index (χ0) is 12.3. The van der Waals surface area contributed by atoms with Gasteiger partial charge in [-0.2, -0.15) is 0 Å². The van der Waals surface area contributed by atoms with Crippen molar-refractivity contribution in [3.63, 3.8) is 0 Å². The van der Waals surface area contributed by atoms with Crippen LogP contribution in [0.3, 0.4) is 0 Å². The molecular weight excluding hydrogens is 212 g/mol. The molecule has 1 aromatic carbocycles. The molecular formula is C15H14O2. The summed E-state index contributed by atoms with van der Waals surface area (Å²) in [6.45, 7) is 2.03. The minimum Gasteiger partial charge on any atom is -0.285 e. The number of Topliss-reactive ketones (excluding diaryl/α,β-unsaturated/α-hetero) is 2. The van der Waals surface area contributed by atoms with Crippen molar-refractivity contribution in [1.82, 2.24) is 0 Å². The zero-order valence-electron chi connectivity index (χ0n) is 9.72. The molecule has 0 saturated heterocycles. The molecule has 0 spiro atoms. The number of allylic oxidation sites excluding steroid dienone is 4. The Kier molecular flexibility index (Phi) is 3.33. The Hall–Kier alpha value is -1.96. The normalized spacial score (nSPS) is 18.6. The molecule has 0 heterocycles. The van der Waals surface area contributed by atoms with Gasteiger partial charge in [0.1, 0.15) is 0 Å². The number of ketones is 2. The Morgan fingerprint density at radius 3 is 2.47 bits per heavy atom. The molecule has 1 atom stereocenters. The molecule has 86 valence electrons. The molecule has 0 amide bonds. The van der Waals surface area contributed by atoms with Crippen molar-refractivity contribution < 1.29 is 9.59 Å². The minimum atomic E-state index is -0.417. The van der Waals surface area contributed by atoms with E-state index in [1.807, 2.05) is 25.1 Å². The molecule has 1 unspecified atom stereocenters. The van der Waals surface area contributed by atoms with Gasteiger partial charge in [0.25, 0.3) is 0 Å². The van der Waals surface area contributed by atoms with E-state index in [1.165, 1.54) is 0 Å². The Labute approximate surface area is 101 Å². The van der Waals surface area contributed by atoms with Crippen LogP contribution in [0.5, 0.6) is 0 Å². The van der Waals surface area contributed by atoms with Crippen LogP contribution in [-0.2, 0) is 4.79 Å². The molecule has 0 N–H and O–H groups in total. The molecule has 17 heavy (non-hydrogen) atoms. The van der Waals surface area contributed by atoms with Crippen LogP contribution >= 0.6 is 0 Å². The topological polar surface area (TPSA) is 34.1 Å². The lowest BCUT2D eigenvalue weighted by Crippen LogP contribution is -2.18. The van der Waals surface area contributed by atoms with Gasteiger partial charge in [0.15, 0.2) is 0 Å². The van der Waals surface area contributed by atoms with Gasteiger partial charge in [-0.25, -0.2) is 0 Å². The third kappa shape index (κ3) is 2.59. The molecule has 1 aliphatic carbocycles. The molecule has 0 aliphatic heterocycles. The molecule has 1 aromatic rings. The molecule has 0 aromatic heterocycles. The summed E-state index contributed by atoms with van der Waals surface area (Å²) in [7, 11) is 0. The second kappa shape index (κ2) is 4.91. The first-order valence-electron chi connectivity index (χ1n) is 5.70. The van der Waals surface area contributed by atoms with Crippen molar-refractivity contribution in [3.8, 4) is 0 Å². The number of carbonyl (C=O) groups is 2. The average molecular weight is 226 g/mol. The van der Waals surface area contributed by atoms with Crippen molar-refractivity contribution in [2.24, 2.45) is 5.92 Å². The number of rotatable bonds is 3. The monoisotopic (exact) mass is 226 g/mol.